The molecule has 13 heavy (non-hydrogen) atoms. The quantitative estimate of drug-likeness (QED) is 0.677. The van der Waals surface area contributed by atoms with E-state index in [1.165, 1.54) is 11.1 Å². The molecule has 2 atom stereocenters. The summed E-state index contributed by atoms with van der Waals surface area (Å²) in [6.07, 6.45) is 2.15. The van der Waals surface area contributed by atoms with Crippen LogP contribution in [0.5, 0.6) is 0 Å². The molecule has 2 unspecified atom stereocenters. The molecule has 2 rings (SSSR count). The first-order chi connectivity index (χ1) is 6.18. The Balaban J connectivity index is 2.44. The molecule has 0 amide bonds. The molecule has 2 N–H and O–H groups in total. The van der Waals surface area contributed by atoms with Gasteiger partial charge in [-0.2, -0.15) is 0 Å². The summed E-state index contributed by atoms with van der Waals surface area (Å²) < 4.78 is 0. The van der Waals surface area contributed by atoms with E-state index in [2.05, 4.69) is 19.1 Å². The van der Waals surface area contributed by atoms with Gasteiger partial charge in [-0.3, -0.25) is 0 Å². The van der Waals surface area contributed by atoms with Crippen LogP contribution in [-0.4, -0.2) is 6.04 Å². The molecule has 1 aliphatic rings. The SMILES string of the molecule is CC1c2ccc(Cl)cc2CCC1N. The zero-order valence-electron chi connectivity index (χ0n) is 7.76. The van der Waals surface area contributed by atoms with Crippen LogP contribution in [0.4, 0.5) is 0 Å². The minimum absolute atomic E-state index is 0.314. The summed E-state index contributed by atoms with van der Waals surface area (Å²) in [7, 11) is 0. The van der Waals surface area contributed by atoms with E-state index < -0.39 is 0 Å². The molecule has 1 aliphatic carbocycles. The van der Waals surface area contributed by atoms with Gasteiger partial charge in [0.05, 0.1) is 0 Å². The number of benzene rings is 1. The molecule has 2 heteroatoms. The molecular weight excluding hydrogens is 182 g/mol. The first-order valence-electron chi connectivity index (χ1n) is 4.72. The van der Waals surface area contributed by atoms with Crippen molar-refractivity contribution < 1.29 is 0 Å². The normalized spacial score (nSPS) is 27.0. The van der Waals surface area contributed by atoms with Crippen LogP contribution in [-0.2, 0) is 6.42 Å². The van der Waals surface area contributed by atoms with E-state index in [9.17, 15) is 0 Å². The van der Waals surface area contributed by atoms with Crippen LogP contribution in [0.3, 0.4) is 0 Å². The highest BCUT2D eigenvalue weighted by Crippen LogP contribution is 2.31. The first-order valence-corrected chi connectivity index (χ1v) is 5.10. The Morgan fingerprint density at radius 3 is 3.00 bits per heavy atom. The number of fused-ring (bicyclic) bond motifs is 1. The lowest BCUT2D eigenvalue weighted by atomic mass is 9.81. The molecule has 0 aromatic heterocycles. The largest absolute Gasteiger partial charge is 0.327 e. The van der Waals surface area contributed by atoms with Crippen LogP contribution in [0, 0.1) is 0 Å². The van der Waals surface area contributed by atoms with E-state index in [0.29, 0.717) is 12.0 Å². The van der Waals surface area contributed by atoms with Crippen molar-refractivity contribution in [3.63, 3.8) is 0 Å². The van der Waals surface area contributed by atoms with Crippen LogP contribution in [0.25, 0.3) is 0 Å². The van der Waals surface area contributed by atoms with E-state index in [4.69, 9.17) is 17.3 Å². The van der Waals surface area contributed by atoms with Gasteiger partial charge in [0.25, 0.3) is 0 Å². The Morgan fingerprint density at radius 1 is 1.46 bits per heavy atom. The third kappa shape index (κ3) is 1.59. The summed E-state index contributed by atoms with van der Waals surface area (Å²) in [4.78, 5) is 0. The number of rotatable bonds is 0. The minimum atomic E-state index is 0.314. The standard InChI is InChI=1S/C11H14ClN/c1-7-10-4-3-9(12)6-8(10)2-5-11(7)13/h3-4,6-7,11H,2,5,13H2,1H3. The summed E-state index contributed by atoms with van der Waals surface area (Å²) in [5.41, 5.74) is 8.75. The van der Waals surface area contributed by atoms with Gasteiger partial charge in [-0.05, 0) is 42.0 Å². The summed E-state index contributed by atoms with van der Waals surface area (Å²) in [5.74, 6) is 0.473. The molecule has 0 saturated heterocycles. The monoisotopic (exact) mass is 195 g/mol. The maximum atomic E-state index is 6.00. The maximum absolute atomic E-state index is 6.00. The smallest absolute Gasteiger partial charge is 0.0408 e. The number of halogens is 1. The molecule has 0 spiro atoms. The molecule has 0 saturated carbocycles. The van der Waals surface area contributed by atoms with Gasteiger partial charge in [-0.15, -0.1) is 0 Å². The average Bonchev–Trinajstić information content (AvgIpc) is 2.12. The molecule has 0 radical (unpaired) electrons. The van der Waals surface area contributed by atoms with Crippen molar-refractivity contribution in [2.24, 2.45) is 5.73 Å². The molecule has 1 aromatic carbocycles. The van der Waals surface area contributed by atoms with Crippen molar-refractivity contribution in [2.75, 3.05) is 0 Å². The fraction of sp³-hybridized carbons (Fsp3) is 0.455. The summed E-state index contributed by atoms with van der Waals surface area (Å²) in [5, 5.41) is 0.835. The molecule has 0 heterocycles. The van der Waals surface area contributed by atoms with E-state index >= 15 is 0 Å². The van der Waals surface area contributed by atoms with E-state index in [-0.39, 0.29) is 0 Å². The Hall–Kier alpha value is -0.530. The van der Waals surface area contributed by atoms with Gasteiger partial charge >= 0.3 is 0 Å². The zero-order chi connectivity index (χ0) is 9.42. The highest BCUT2D eigenvalue weighted by Gasteiger charge is 2.22. The Morgan fingerprint density at radius 2 is 2.23 bits per heavy atom. The molecule has 1 nitrogen and oxygen atoms in total. The number of nitrogens with two attached hydrogens (primary N) is 1. The van der Waals surface area contributed by atoms with Crippen molar-refractivity contribution >= 4 is 11.6 Å². The highest BCUT2D eigenvalue weighted by atomic mass is 35.5. The Labute approximate surface area is 83.9 Å². The molecule has 0 bridgehead atoms. The highest BCUT2D eigenvalue weighted by molar-refractivity contribution is 6.30. The zero-order valence-corrected chi connectivity index (χ0v) is 8.51. The second-order valence-electron chi connectivity index (χ2n) is 3.83. The van der Waals surface area contributed by atoms with Crippen LogP contribution in [0.15, 0.2) is 18.2 Å². The molecule has 0 aliphatic heterocycles. The fourth-order valence-corrected chi connectivity index (χ4v) is 2.23. The van der Waals surface area contributed by atoms with Gasteiger partial charge in [0.2, 0.25) is 0 Å². The van der Waals surface area contributed by atoms with Crippen molar-refractivity contribution in [3.05, 3.63) is 34.3 Å². The predicted molar refractivity (Wildman–Crippen MR) is 56.2 cm³/mol. The third-order valence-electron chi connectivity index (χ3n) is 2.98. The van der Waals surface area contributed by atoms with Crippen LogP contribution in [0.1, 0.15) is 30.4 Å². The van der Waals surface area contributed by atoms with Gasteiger partial charge in [-0.25, -0.2) is 0 Å². The van der Waals surface area contributed by atoms with E-state index in [1.807, 2.05) is 6.07 Å². The van der Waals surface area contributed by atoms with Gasteiger partial charge in [0.15, 0.2) is 0 Å². The first kappa shape index (κ1) is 9.04. The molecule has 0 fully saturated rings. The second kappa shape index (κ2) is 3.32. The maximum Gasteiger partial charge on any atom is 0.0408 e. The van der Waals surface area contributed by atoms with Crippen molar-refractivity contribution in [3.8, 4) is 0 Å². The number of aryl methyl sites for hydroxylation is 1. The average molecular weight is 196 g/mol. The van der Waals surface area contributed by atoms with Crippen LogP contribution >= 0.6 is 11.6 Å². The Bertz CT molecular complexity index is 322. The minimum Gasteiger partial charge on any atom is -0.327 e. The van der Waals surface area contributed by atoms with Crippen LogP contribution in [0.2, 0.25) is 5.02 Å². The molecule has 1 aromatic rings. The summed E-state index contributed by atoms with van der Waals surface area (Å²) in [6.45, 7) is 2.19. The third-order valence-corrected chi connectivity index (χ3v) is 3.22. The summed E-state index contributed by atoms with van der Waals surface area (Å²) in [6, 6.07) is 6.45. The lowest BCUT2D eigenvalue weighted by molar-refractivity contribution is 0.497. The number of hydrogen-bond donors (Lipinski definition) is 1. The van der Waals surface area contributed by atoms with Crippen LogP contribution < -0.4 is 5.73 Å². The number of hydrogen-bond acceptors (Lipinski definition) is 1. The lowest BCUT2D eigenvalue weighted by Crippen LogP contribution is -2.31. The van der Waals surface area contributed by atoms with Crippen molar-refractivity contribution in [1.82, 2.24) is 0 Å². The van der Waals surface area contributed by atoms with Crippen molar-refractivity contribution in [1.29, 1.82) is 0 Å². The Kier molecular flexibility index (Phi) is 2.31. The predicted octanol–water partition coefficient (Wildman–Crippen LogP) is 2.72. The van der Waals surface area contributed by atoms with E-state index in [1.54, 1.807) is 0 Å². The lowest BCUT2D eigenvalue weighted by Gasteiger charge is -2.28. The molecule has 70 valence electrons. The fourth-order valence-electron chi connectivity index (χ4n) is 2.04. The van der Waals surface area contributed by atoms with Gasteiger partial charge in [0, 0.05) is 11.1 Å². The molecular formula is C11H14ClN. The van der Waals surface area contributed by atoms with Gasteiger partial charge in [-0.1, -0.05) is 24.6 Å². The second-order valence-corrected chi connectivity index (χ2v) is 4.27. The van der Waals surface area contributed by atoms with Crippen molar-refractivity contribution in [2.45, 2.75) is 31.7 Å². The van der Waals surface area contributed by atoms with Gasteiger partial charge < -0.3 is 5.73 Å². The summed E-state index contributed by atoms with van der Waals surface area (Å²) >= 11 is 5.93. The van der Waals surface area contributed by atoms with E-state index in [0.717, 1.165) is 17.9 Å². The topological polar surface area (TPSA) is 26.0 Å². The van der Waals surface area contributed by atoms with Gasteiger partial charge in [0.1, 0.15) is 0 Å².